The van der Waals surface area contributed by atoms with E-state index in [1.807, 2.05) is 24.3 Å². The maximum atomic E-state index is 14.2. The van der Waals surface area contributed by atoms with Gasteiger partial charge in [0.15, 0.2) is 0 Å². The molecule has 4 aromatic rings. The van der Waals surface area contributed by atoms with Crippen LogP contribution in [0.2, 0.25) is 0 Å². The van der Waals surface area contributed by atoms with Gasteiger partial charge in [0.1, 0.15) is 0 Å². The molecule has 1 atom stereocenters. The average Bonchev–Trinajstić information content (AvgIpc) is 3.60. The third-order valence-corrected chi connectivity index (χ3v) is 17.7. The van der Waals surface area contributed by atoms with Crippen LogP contribution in [0.15, 0.2) is 118 Å². The predicted octanol–water partition coefficient (Wildman–Crippen LogP) is 5.83. The van der Waals surface area contributed by atoms with Crippen LogP contribution in [-0.4, -0.2) is 3.21 Å². The minimum atomic E-state index is -4.61. The summed E-state index contributed by atoms with van der Waals surface area (Å²) in [6.45, 7) is 10.7. The van der Waals surface area contributed by atoms with Crippen LogP contribution in [0.4, 0.5) is 26.3 Å². The van der Waals surface area contributed by atoms with E-state index < -0.39 is 44.7 Å². The van der Waals surface area contributed by atoms with Gasteiger partial charge in [0.25, 0.3) is 0 Å². The second-order valence-corrected chi connectivity index (χ2v) is 19.9. The molecule has 9 heteroatoms. The molecule has 0 saturated carbocycles. The number of hydrogen-bond acceptors (Lipinski definition) is 0. The van der Waals surface area contributed by atoms with Gasteiger partial charge in [0.05, 0.1) is 0 Å². The summed E-state index contributed by atoms with van der Waals surface area (Å²) in [5.74, 6) is 0.179. The van der Waals surface area contributed by atoms with Crippen LogP contribution in [0, 0.1) is 17.3 Å². The van der Waals surface area contributed by atoms with E-state index in [0.717, 1.165) is 52.1 Å². The predicted molar refractivity (Wildman–Crippen MR) is 174 cm³/mol. The van der Waals surface area contributed by atoms with E-state index in [4.69, 9.17) is 0 Å². The Morgan fingerprint density at radius 3 is 1.49 bits per heavy atom. The molecular formula is C40H36Cl2F6Zr. The van der Waals surface area contributed by atoms with Crippen molar-refractivity contribution in [1.29, 1.82) is 0 Å². The van der Waals surface area contributed by atoms with Crippen molar-refractivity contribution in [2.45, 2.75) is 50.6 Å². The number of benzene rings is 4. The average molecular weight is 793 g/mol. The smallest absolute Gasteiger partial charge is 1.00 e. The third-order valence-electron chi connectivity index (χ3n) is 9.27. The molecule has 4 aromatic carbocycles. The minimum Gasteiger partial charge on any atom is -1.00 e. The van der Waals surface area contributed by atoms with Gasteiger partial charge in [-0.25, -0.2) is 0 Å². The van der Waals surface area contributed by atoms with Gasteiger partial charge in [-0.05, 0) is 0 Å². The van der Waals surface area contributed by atoms with Crippen molar-refractivity contribution < 1.29 is 72.4 Å². The molecule has 0 nitrogen and oxygen atoms in total. The molecule has 0 bridgehead atoms. The van der Waals surface area contributed by atoms with Crippen LogP contribution in [-0.2, 0) is 33.6 Å². The van der Waals surface area contributed by atoms with Gasteiger partial charge >= 0.3 is 281 Å². The Balaban J connectivity index is 0.00000270. The van der Waals surface area contributed by atoms with E-state index in [2.05, 4.69) is 71.0 Å². The summed E-state index contributed by atoms with van der Waals surface area (Å²) in [6, 6.07) is 26.7. The van der Waals surface area contributed by atoms with Crippen molar-refractivity contribution >= 4 is 3.21 Å². The van der Waals surface area contributed by atoms with Crippen LogP contribution in [0.3, 0.4) is 0 Å². The number of fused-ring (bicyclic) bond motifs is 3. The molecule has 0 heterocycles. The molecule has 2 aliphatic carbocycles. The van der Waals surface area contributed by atoms with Crippen LogP contribution in [0.1, 0.15) is 71.6 Å². The van der Waals surface area contributed by atoms with E-state index in [1.165, 1.54) is 15.4 Å². The first-order valence-electron chi connectivity index (χ1n) is 15.8. The molecule has 0 amide bonds. The molecule has 0 fully saturated rings. The second-order valence-electron chi connectivity index (χ2n) is 13.8. The van der Waals surface area contributed by atoms with Gasteiger partial charge in [0, 0.05) is 0 Å². The summed E-state index contributed by atoms with van der Waals surface area (Å²) >= 11 is -3.67. The Kier molecular flexibility index (Phi) is 11.5. The molecule has 0 N–H and O–H groups in total. The number of rotatable bonds is 5. The Morgan fingerprint density at radius 1 is 0.633 bits per heavy atom. The van der Waals surface area contributed by atoms with Crippen molar-refractivity contribution in [2.75, 3.05) is 0 Å². The fourth-order valence-electron chi connectivity index (χ4n) is 6.97. The summed E-state index contributed by atoms with van der Waals surface area (Å²) in [4.78, 5) is 0. The summed E-state index contributed by atoms with van der Waals surface area (Å²) in [7, 11) is 0. The molecule has 49 heavy (non-hydrogen) atoms. The fraction of sp³-hybridized carbons (Fsp3) is 0.275. The van der Waals surface area contributed by atoms with Gasteiger partial charge in [-0.3, -0.25) is 0 Å². The Labute approximate surface area is 304 Å². The van der Waals surface area contributed by atoms with Crippen molar-refractivity contribution in [2.24, 2.45) is 17.3 Å². The maximum absolute atomic E-state index is 14.2. The van der Waals surface area contributed by atoms with Crippen molar-refractivity contribution in [3.8, 4) is 11.1 Å². The van der Waals surface area contributed by atoms with Crippen molar-refractivity contribution in [3.63, 3.8) is 0 Å². The van der Waals surface area contributed by atoms with Crippen LogP contribution in [0.5, 0.6) is 0 Å². The van der Waals surface area contributed by atoms with Gasteiger partial charge in [-0.15, -0.1) is 0 Å². The zero-order valence-corrected chi connectivity index (χ0v) is 31.6. The topological polar surface area (TPSA) is 0 Å². The van der Waals surface area contributed by atoms with Gasteiger partial charge < -0.3 is 24.8 Å². The number of allylic oxidation sites excluding steroid dienone is 4. The Morgan fingerprint density at radius 2 is 1.08 bits per heavy atom. The molecule has 0 radical (unpaired) electrons. The molecule has 6 rings (SSSR count). The molecular weight excluding hydrogens is 757 g/mol. The monoisotopic (exact) mass is 790 g/mol. The van der Waals surface area contributed by atoms with Crippen molar-refractivity contribution in [1.82, 2.24) is 0 Å². The summed E-state index contributed by atoms with van der Waals surface area (Å²) in [5.41, 5.74) is 4.32. The minimum absolute atomic E-state index is 0. The largest absolute Gasteiger partial charge is 1.00 e. The zero-order valence-electron chi connectivity index (χ0n) is 27.6. The van der Waals surface area contributed by atoms with E-state index in [9.17, 15) is 26.3 Å². The zero-order chi connectivity index (χ0) is 33.9. The first kappa shape index (κ1) is 39.1. The summed E-state index contributed by atoms with van der Waals surface area (Å²) in [6.07, 6.45) is -4.68. The Hall–Kier alpha value is -2.73. The summed E-state index contributed by atoms with van der Waals surface area (Å²) in [5, 5.41) is 0. The third kappa shape index (κ3) is 7.65. The number of alkyl halides is 6. The second kappa shape index (κ2) is 14.5. The molecule has 0 saturated heterocycles. The molecule has 0 aromatic heterocycles. The SMILES string of the molecule is CC(C)C1C=C(C(C)(C)C)C=[C]1[Zr+2](=[C](c1cccc(C(F)(F)F)c1)c1cccc(C(F)(F)F)c1)[CH]1c2ccccc2-c2ccccc21.[Cl-].[Cl-]. The first-order chi connectivity index (χ1) is 22.1. The van der Waals surface area contributed by atoms with Crippen LogP contribution in [0.25, 0.3) is 11.1 Å². The van der Waals surface area contributed by atoms with E-state index >= 15 is 0 Å². The number of hydrogen-bond donors (Lipinski definition) is 0. The molecule has 0 spiro atoms. The van der Waals surface area contributed by atoms with Gasteiger partial charge in [-0.1, -0.05) is 0 Å². The maximum Gasteiger partial charge on any atom is -1.00 e. The van der Waals surface area contributed by atoms with Crippen LogP contribution < -0.4 is 24.8 Å². The fourth-order valence-corrected chi connectivity index (χ4v) is 16.9. The van der Waals surface area contributed by atoms with Crippen LogP contribution >= 0.6 is 0 Å². The van der Waals surface area contributed by atoms with E-state index in [-0.39, 0.29) is 45.7 Å². The first-order valence-corrected chi connectivity index (χ1v) is 19.7. The van der Waals surface area contributed by atoms with E-state index in [0.29, 0.717) is 14.3 Å². The molecule has 2 aliphatic rings. The molecule has 0 aliphatic heterocycles. The molecule has 256 valence electrons. The van der Waals surface area contributed by atoms with Gasteiger partial charge in [0.2, 0.25) is 0 Å². The Bertz CT molecular complexity index is 1840. The number of halogens is 8. The van der Waals surface area contributed by atoms with Crippen molar-refractivity contribution in [3.05, 3.63) is 151 Å². The quantitative estimate of drug-likeness (QED) is 0.224. The van der Waals surface area contributed by atoms with E-state index in [1.54, 1.807) is 12.1 Å². The normalized spacial score (nSPS) is 15.7. The standard InChI is InChI=1S/C15H8F6.C13H9.C12H19.2ClH.Zr/c16-14(17,18)12-5-1-3-10(8-12)7-11-4-2-6-13(9-11)15(19,20)21;1-3-7-12-10(5-1)9-11-6-2-4-8-13(11)12;1-9(2)10-6-7-11(8-10)12(3,4)5;;;/h1-6,8-9H;1-9H;7-10H,1-5H3;2*1H;/q;;;;;+2/p-2. The van der Waals surface area contributed by atoms with Gasteiger partial charge in [-0.2, -0.15) is 0 Å². The molecule has 1 unspecified atom stereocenters. The summed E-state index contributed by atoms with van der Waals surface area (Å²) < 4.78 is 87.1.